The lowest BCUT2D eigenvalue weighted by molar-refractivity contribution is 0.228. The Morgan fingerprint density at radius 3 is 2.67 bits per heavy atom. The van der Waals surface area contributed by atoms with Crippen molar-refractivity contribution in [2.45, 2.75) is 38.3 Å². The molecule has 4 nitrogen and oxygen atoms in total. The number of nitrogens with two attached hydrogens (primary N) is 1. The van der Waals surface area contributed by atoms with Crippen molar-refractivity contribution in [1.82, 2.24) is 9.88 Å². The zero-order valence-corrected chi connectivity index (χ0v) is 11.4. The van der Waals surface area contributed by atoms with Crippen LogP contribution in [0, 0.1) is 11.3 Å². The van der Waals surface area contributed by atoms with E-state index in [4.69, 9.17) is 11.0 Å². The van der Waals surface area contributed by atoms with Gasteiger partial charge in [0.05, 0.1) is 6.07 Å². The summed E-state index contributed by atoms with van der Waals surface area (Å²) in [6, 6.07) is 6.49. The zero-order valence-electron chi connectivity index (χ0n) is 11.4. The summed E-state index contributed by atoms with van der Waals surface area (Å²) in [7, 11) is 2.07. The molecular formula is C14H22N4. The van der Waals surface area contributed by atoms with Crippen molar-refractivity contribution < 1.29 is 0 Å². The summed E-state index contributed by atoms with van der Waals surface area (Å²) in [5.74, 6) is 0. The molecule has 98 valence electrons. The standard InChI is InChI=1S/C14H22N4/c1-12(10-14(2,16)11-15)18(3)9-6-13-4-7-17-8-5-13/h4-5,7-8,12H,6,9-10,16H2,1-3H3. The minimum absolute atomic E-state index is 0.293. The SMILES string of the molecule is CC(CC(C)(N)C#N)N(C)CCc1ccncc1. The molecule has 18 heavy (non-hydrogen) atoms. The maximum Gasteiger partial charge on any atom is 0.102 e. The third kappa shape index (κ3) is 4.82. The Kier molecular flexibility index (Phi) is 5.26. The summed E-state index contributed by atoms with van der Waals surface area (Å²) >= 11 is 0. The first-order valence-corrected chi connectivity index (χ1v) is 6.24. The lowest BCUT2D eigenvalue weighted by Gasteiger charge is -2.29. The van der Waals surface area contributed by atoms with Gasteiger partial charge < -0.3 is 10.6 Å². The molecule has 0 radical (unpaired) electrons. The average molecular weight is 246 g/mol. The monoisotopic (exact) mass is 246 g/mol. The highest BCUT2D eigenvalue weighted by atomic mass is 15.1. The molecule has 0 spiro atoms. The number of hydrogen-bond donors (Lipinski definition) is 1. The first-order valence-electron chi connectivity index (χ1n) is 6.24. The van der Waals surface area contributed by atoms with Gasteiger partial charge in [0.25, 0.3) is 0 Å². The molecule has 2 unspecified atom stereocenters. The van der Waals surface area contributed by atoms with E-state index in [-0.39, 0.29) is 0 Å². The van der Waals surface area contributed by atoms with Crippen molar-refractivity contribution in [3.8, 4) is 6.07 Å². The zero-order chi connectivity index (χ0) is 13.6. The summed E-state index contributed by atoms with van der Waals surface area (Å²) in [4.78, 5) is 6.24. The lowest BCUT2D eigenvalue weighted by atomic mass is 9.96. The van der Waals surface area contributed by atoms with Gasteiger partial charge in [-0.05, 0) is 51.4 Å². The van der Waals surface area contributed by atoms with Gasteiger partial charge in [0, 0.05) is 25.0 Å². The van der Waals surface area contributed by atoms with Crippen LogP contribution >= 0.6 is 0 Å². The number of hydrogen-bond acceptors (Lipinski definition) is 4. The molecule has 0 amide bonds. The molecule has 0 aromatic carbocycles. The Morgan fingerprint density at radius 1 is 1.50 bits per heavy atom. The van der Waals surface area contributed by atoms with Crippen LogP contribution in [0.15, 0.2) is 24.5 Å². The largest absolute Gasteiger partial charge is 0.314 e. The number of nitriles is 1. The highest BCUT2D eigenvalue weighted by molar-refractivity contribution is 5.10. The van der Waals surface area contributed by atoms with Gasteiger partial charge >= 0.3 is 0 Å². The molecule has 0 aliphatic heterocycles. The van der Waals surface area contributed by atoms with Gasteiger partial charge in [-0.3, -0.25) is 4.98 Å². The molecule has 1 rings (SSSR count). The molecule has 0 bridgehead atoms. The van der Waals surface area contributed by atoms with Crippen LogP contribution in [-0.2, 0) is 6.42 Å². The van der Waals surface area contributed by atoms with Gasteiger partial charge in [0.2, 0.25) is 0 Å². The van der Waals surface area contributed by atoms with Crippen LogP contribution in [0.25, 0.3) is 0 Å². The van der Waals surface area contributed by atoms with Gasteiger partial charge in [-0.2, -0.15) is 5.26 Å². The van der Waals surface area contributed by atoms with Gasteiger partial charge in [-0.1, -0.05) is 0 Å². The van der Waals surface area contributed by atoms with Crippen LogP contribution in [0.5, 0.6) is 0 Å². The Labute approximate surface area is 109 Å². The molecule has 1 heterocycles. The Morgan fingerprint density at radius 2 is 2.11 bits per heavy atom. The van der Waals surface area contributed by atoms with Crippen LogP contribution in [0.2, 0.25) is 0 Å². The summed E-state index contributed by atoms with van der Waals surface area (Å²) < 4.78 is 0. The summed E-state index contributed by atoms with van der Waals surface area (Å²) in [6.45, 7) is 4.84. The number of rotatable bonds is 6. The quantitative estimate of drug-likeness (QED) is 0.827. The van der Waals surface area contributed by atoms with Crippen LogP contribution in [0.1, 0.15) is 25.8 Å². The number of pyridine rings is 1. The van der Waals surface area contributed by atoms with Crippen LogP contribution < -0.4 is 5.73 Å². The van der Waals surface area contributed by atoms with E-state index in [2.05, 4.69) is 29.9 Å². The Balaban J connectivity index is 2.41. The second-order valence-corrected chi connectivity index (χ2v) is 5.17. The highest BCUT2D eigenvalue weighted by Gasteiger charge is 2.22. The average Bonchev–Trinajstić information content (AvgIpc) is 2.36. The number of nitrogens with zero attached hydrogens (tertiary/aromatic N) is 3. The number of likely N-dealkylation sites (N-methyl/N-ethyl adjacent to an activating group) is 1. The normalized spacial score (nSPS) is 16.0. The molecule has 0 fully saturated rings. The summed E-state index contributed by atoms with van der Waals surface area (Å²) in [5, 5.41) is 8.93. The van der Waals surface area contributed by atoms with Crippen molar-refractivity contribution in [3.05, 3.63) is 30.1 Å². The fraction of sp³-hybridized carbons (Fsp3) is 0.571. The highest BCUT2D eigenvalue weighted by Crippen LogP contribution is 2.12. The number of aromatic nitrogens is 1. The maximum absolute atomic E-state index is 8.93. The second kappa shape index (κ2) is 6.48. The Bertz CT molecular complexity index is 394. The minimum atomic E-state index is -0.746. The molecule has 0 saturated carbocycles. The minimum Gasteiger partial charge on any atom is -0.314 e. The predicted molar refractivity (Wildman–Crippen MR) is 72.9 cm³/mol. The maximum atomic E-state index is 8.93. The van der Waals surface area contributed by atoms with E-state index in [9.17, 15) is 0 Å². The molecule has 0 aliphatic carbocycles. The van der Waals surface area contributed by atoms with Crippen LogP contribution in [-0.4, -0.2) is 35.1 Å². The van der Waals surface area contributed by atoms with Gasteiger partial charge in [0.1, 0.15) is 5.54 Å². The van der Waals surface area contributed by atoms with Crippen LogP contribution in [0.3, 0.4) is 0 Å². The molecule has 2 N–H and O–H groups in total. The Hall–Kier alpha value is -1.44. The van der Waals surface area contributed by atoms with Gasteiger partial charge in [0.15, 0.2) is 0 Å². The smallest absolute Gasteiger partial charge is 0.102 e. The summed E-state index contributed by atoms with van der Waals surface area (Å²) in [5.41, 5.74) is 6.40. The van der Waals surface area contributed by atoms with E-state index in [1.54, 1.807) is 6.92 Å². The van der Waals surface area contributed by atoms with Gasteiger partial charge in [-0.15, -0.1) is 0 Å². The third-order valence-corrected chi connectivity index (χ3v) is 3.23. The van der Waals surface area contributed by atoms with Crippen molar-refractivity contribution in [1.29, 1.82) is 5.26 Å². The topological polar surface area (TPSA) is 65.9 Å². The van der Waals surface area contributed by atoms with Crippen molar-refractivity contribution in [2.75, 3.05) is 13.6 Å². The molecule has 1 aromatic heterocycles. The van der Waals surface area contributed by atoms with E-state index >= 15 is 0 Å². The first-order chi connectivity index (χ1) is 8.44. The molecule has 0 saturated heterocycles. The third-order valence-electron chi connectivity index (χ3n) is 3.23. The van der Waals surface area contributed by atoms with E-state index in [1.165, 1.54) is 5.56 Å². The van der Waals surface area contributed by atoms with Crippen molar-refractivity contribution in [3.63, 3.8) is 0 Å². The van der Waals surface area contributed by atoms with Crippen molar-refractivity contribution >= 4 is 0 Å². The van der Waals surface area contributed by atoms with E-state index in [0.717, 1.165) is 13.0 Å². The predicted octanol–water partition coefficient (Wildman–Crippen LogP) is 1.58. The van der Waals surface area contributed by atoms with Crippen LogP contribution in [0.4, 0.5) is 0 Å². The second-order valence-electron chi connectivity index (χ2n) is 5.17. The van der Waals surface area contributed by atoms with Gasteiger partial charge in [-0.25, -0.2) is 0 Å². The molecular weight excluding hydrogens is 224 g/mol. The fourth-order valence-electron chi connectivity index (χ4n) is 1.89. The molecule has 2 atom stereocenters. The lowest BCUT2D eigenvalue weighted by Crippen LogP contribution is -2.43. The first kappa shape index (κ1) is 14.6. The summed E-state index contributed by atoms with van der Waals surface area (Å²) in [6.07, 6.45) is 5.28. The fourth-order valence-corrected chi connectivity index (χ4v) is 1.89. The van der Waals surface area contributed by atoms with Crippen molar-refractivity contribution in [2.24, 2.45) is 5.73 Å². The molecule has 4 heteroatoms. The molecule has 0 aliphatic rings. The van der Waals surface area contributed by atoms with E-state index < -0.39 is 5.54 Å². The van der Waals surface area contributed by atoms with E-state index in [0.29, 0.717) is 12.5 Å². The molecule has 1 aromatic rings. The van der Waals surface area contributed by atoms with E-state index in [1.807, 2.05) is 24.5 Å².